The summed E-state index contributed by atoms with van der Waals surface area (Å²) in [6.45, 7) is 3.27. The number of aliphatic hydroxyl groups is 1. The van der Waals surface area contributed by atoms with E-state index >= 15 is 0 Å². The van der Waals surface area contributed by atoms with Crippen molar-refractivity contribution in [3.63, 3.8) is 0 Å². The van der Waals surface area contributed by atoms with Crippen LogP contribution in [-0.4, -0.2) is 29.2 Å². The van der Waals surface area contributed by atoms with Gasteiger partial charge in [0.25, 0.3) is 0 Å². The Hall–Kier alpha value is -0.860. The lowest BCUT2D eigenvalue weighted by molar-refractivity contribution is 0.0488. The fourth-order valence-electron chi connectivity index (χ4n) is 2.05. The molecule has 2 nitrogen and oxygen atoms in total. The van der Waals surface area contributed by atoms with Crippen molar-refractivity contribution in [1.82, 2.24) is 4.90 Å². The zero-order chi connectivity index (χ0) is 10.2. The van der Waals surface area contributed by atoms with Crippen LogP contribution < -0.4 is 0 Å². The number of benzene rings is 1. The predicted octanol–water partition coefficient (Wildman–Crippen LogP) is 1.43. The Bertz CT molecular complexity index is 337. The Morgan fingerprint density at radius 2 is 2.00 bits per heavy atom. The second-order valence-corrected chi connectivity index (χ2v) is 4.46. The summed E-state index contributed by atoms with van der Waals surface area (Å²) < 4.78 is 0. The molecule has 14 heavy (non-hydrogen) atoms. The molecule has 0 fully saturated rings. The highest BCUT2D eigenvalue weighted by molar-refractivity contribution is 5.31. The molecule has 0 spiro atoms. The second-order valence-electron chi connectivity index (χ2n) is 4.46. The maximum atomic E-state index is 9.40. The van der Waals surface area contributed by atoms with E-state index in [-0.39, 0.29) is 12.1 Å². The zero-order valence-corrected chi connectivity index (χ0v) is 8.83. The van der Waals surface area contributed by atoms with E-state index in [4.69, 9.17) is 0 Å². The highest BCUT2D eigenvalue weighted by Crippen LogP contribution is 2.28. The summed E-state index contributed by atoms with van der Waals surface area (Å²) >= 11 is 0. The average Bonchev–Trinajstić information content (AvgIpc) is 2.20. The molecule has 1 unspecified atom stereocenters. The summed E-state index contributed by atoms with van der Waals surface area (Å²) in [5.41, 5.74) is 2.68. The lowest BCUT2D eigenvalue weighted by Crippen LogP contribution is -2.51. The number of fused-ring (bicyclic) bond motifs is 1. The van der Waals surface area contributed by atoms with Crippen molar-refractivity contribution in [3.8, 4) is 0 Å². The van der Waals surface area contributed by atoms with E-state index in [1.807, 2.05) is 0 Å². The monoisotopic (exact) mass is 191 g/mol. The standard InChI is InChI=1S/C12H17NO/c1-12(9-14)7-10-5-3-4-6-11(10)8-13(12)2/h3-6,14H,7-9H2,1-2H3. The van der Waals surface area contributed by atoms with Gasteiger partial charge in [-0.2, -0.15) is 0 Å². The molecule has 0 aliphatic carbocycles. The molecule has 0 radical (unpaired) electrons. The molecule has 0 bridgehead atoms. The molecular formula is C12H17NO. The first-order valence-electron chi connectivity index (χ1n) is 5.04. The van der Waals surface area contributed by atoms with Gasteiger partial charge < -0.3 is 5.11 Å². The third kappa shape index (κ3) is 1.45. The van der Waals surface area contributed by atoms with Crippen molar-refractivity contribution in [1.29, 1.82) is 0 Å². The van der Waals surface area contributed by atoms with Crippen LogP contribution in [0.3, 0.4) is 0 Å². The van der Waals surface area contributed by atoms with E-state index in [0.717, 1.165) is 13.0 Å². The van der Waals surface area contributed by atoms with Crippen molar-refractivity contribution in [2.45, 2.75) is 25.4 Å². The third-order valence-electron chi connectivity index (χ3n) is 3.36. The van der Waals surface area contributed by atoms with Gasteiger partial charge in [-0.05, 0) is 31.5 Å². The molecule has 0 aromatic heterocycles. The van der Waals surface area contributed by atoms with E-state index in [0.29, 0.717) is 0 Å². The minimum absolute atomic E-state index is 0.0889. The van der Waals surface area contributed by atoms with Gasteiger partial charge in [0.1, 0.15) is 0 Å². The Morgan fingerprint density at radius 3 is 2.64 bits per heavy atom. The van der Waals surface area contributed by atoms with Crippen LogP contribution in [0.1, 0.15) is 18.1 Å². The summed E-state index contributed by atoms with van der Waals surface area (Å²) in [5.74, 6) is 0. The minimum atomic E-state index is -0.0889. The zero-order valence-electron chi connectivity index (χ0n) is 8.83. The van der Waals surface area contributed by atoms with Crippen LogP contribution in [0.5, 0.6) is 0 Å². The van der Waals surface area contributed by atoms with Crippen molar-refractivity contribution < 1.29 is 5.11 Å². The van der Waals surface area contributed by atoms with Crippen molar-refractivity contribution in [2.24, 2.45) is 0 Å². The summed E-state index contributed by atoms with van der Waals surface area (Å²) in [5, 5.41) is 9.40. The average molecular weight is 191 g/mol. The molecule has 1 aromatic carbocycles. The van der Waals surface area contributed by atoms with E-state index < -0.39 is 0 Å². The van der Waals surface area contributed by atoms with Gasteiger partial charge in [-0.1, -0.05) is 24.3 Å². The summed E-state index contributed by atoms with van der Waals surface area (Å²) in [4.78, 5) is 2.23. The molecule has 0 amide bonds. The molecule has 1 aromatic rings. The lowest BCUT2D eigenvalue weighted by atomic mass is 9.85. The third-order valence-corrected chi connectivity index (χ3v) is 3.36. The van der Waals surface area contributed by atoms with Crippen LogP contribution in [0.25, 0.3) is 0 Å². The van der Waals surface area contributed by atoms with Gasteiger partial charge in [-0.25, -0.2) is 0 Å². The molecular weight excluding hydrogens is 174 g/mol. The summed E-state index contributed by atoms with van der Waals surface area (Å²) in [6, 6.07) is 8.48. The van der Waals surface area contributed by atoms with Crippen molar-refractivity contribution in [3.05, 3.63) is 35.4 Å². The van der Waals surface area contributed by atoms with E-state index in [9.17, 15) is 5.11 Å². The highest BCUT2D eigenvalue weighted by atomic mass is 16.3. The van der Waals surface area contributed by atoms with Crippen LogP contribution >= 0.6 is 0 Å². The predicted molar refractivity (Wildman–Crippen MR) is 57.1 cm³/mol. The largest absolute Gasteiger partial charge is 0.394 e. The van der Waals surface area contributed by atoms with Crippen LogP contribution in [0.15, 0.2) is 24.3 Å². The van der Waals surface area contributed by atoms with Gasteiger partial charge in [-0.3, -0.25) is 4.90 Å². The van der Waals surface area contributed by atoms with Gasteiger partial charge >= 0.3 is 0 Å². The molecule has 0 saturated carbocycles. The van der Waals surface area contributed by atoms with Crippen molar-refractivity contribution >= 4 is 0 Å². The Balaban J connectivity index is 2.36. The molecule has 1 aliphatic rings. The van der Waals surface area contributed by atoms with Gasteiger partial charge in [0, 0.05) is 12.1 Å². The van der Waals surface area contributed by atoms with E-state index in [2.05, 4.69) is 43.1 Å². The number of hydrogen-bond donors (Lipinski definition) is 1. The topological polar surface area (TPSA) is 23.5 Å². The molecule has 76 valence electrons. The second kappa shape index (κ2) is 3.37. The van der Waals surface area contributed by atoms with Crippen LogP contribution in [0, 0.1) is 0 Å². The number of likely N-dealkylation sites (N-methyl/N-ethyl adjacent to an activating group) is 1. The van der Waals surface area contributed by atoms with Gasteiger partial charge in [0.2, 0.25) is 0 Å². The molecule has 0 saturated heterocycles. The first-order valence-corrected chi connectivity index (χ1v) is 5.04. The summed E-state index contributed by atoms with van der Waals surface area (Å²) in [7, 11) is 2.08. The number of hydrogen-bond acceptors (Lipinski definition) is 2. The molecule has 1 heterocycles. The maximum Gasteiger partial charge on any atom is 0.0616 e. The number of aliphatic hydroxyl groups excluding tert-OH is 1. The van der Waals surface area contributed by atoms with Gasteiger partial charge in [0.05, 0.1) is 6.61 Å². The SMILES string of the molecule is CN1Cc2ccccc2CC1(C)CO. The number of nitrogens with zero attached hydrogens (tertiary/aromatic N) is 1. The normalized spacial score (nSPS) is 27.4. The van der Waals surface area contributed by atoms with Gasteiger partial charge in [-0.15, -0.1) is 0 Å². The lowest BCUT2D eigenvalue weighted by Gasteiger charge is -2.42. The fourth-order valence-corrected chi connectivity index (χ4v) is 2.05. The van der Waals surface area contributed by atoms with E-state index in [1.54, 1.807) is 0 Å². The minimum Gasteiger partial charge on any atom is -0.394 e. The molecule has 2 rings (SSSR count). The Kier molecular flexibility index (Phi) is 2.33. The van der Waals surface area contributed by atoms with Crippen LogP contribution in [-0.2, 0) is 13.0 Å². The Labute approximate surface area is 85.2 Å². The molecule has 2 heteroatoms. The molecule has 1 atom stereocenters. The first kappa shape index (κ1) is 9.69. The fraction of sp³-hybridized carbons (Fsp3) is 0.500. The first-order chi connectivity index (χ1) is 6.65. The Morgan fingerprint density at radius 1 is 1.36 bits per heavy atom. The quantitative estimate of drug-likeness (QED) is 0.726. The molecule has 1 N–H and O–H groups in total. The van der Waals surface area contributed by atoms with Crippen LogP contribution in [0.4, 0.5) is 0 Å². The van der Waals surface area contributed by atoms with Crippen molar-refractivity contribution in [2.75, 3.05) is 13.7 Å². The summed E-state index contributed by atoms with van der Waals surface area (Å²) in [6.07, 6.45) is 0.941. The van der Waals surface area contributed by atoms with Gasteiger partial charge in [0.15, 0.2) is 0 Å². The maximum absolute atomic E-state index is 9.40. The smallest absolute Gasteiger partial charge is 0.0616 e. The molecule has 1 aliphatic heterocycles. The van der Waals surface area contributed by atoms with E-state index in [1.165, 1.54) is 11.1 Å². The highest BCUT2D eigenvalue weighted by Gasteiger charge is 2.33. The number of rotatable bonds is 1. The van der Waals surface area contributed by atoms with Crippen LogP contribution in [0.2, 0.25) is 0 Å².